The van der Waals surface area contributed by atoms with E-state index >= 15 is 0 Å². The standard InChI is InChI=1S/C23H25F2NO5/c1-28-19-12-15(4-6-18(19)31-22(24)25)21(27)26-14-23(8-2-3-9-23)16-5-7-17-20(13-16)30-11-10-29-17/h4-7,12-13,22H,2-3,8-11,14H2,1H3,(H,26,27). The summed E-state index contributed by atoms with van der Waals surface area (Å²) < 4.78 is 45.9. The minimum absolute atomic E-state index is 0.0790. The molecular weight excluding hydrogens is 408 g/mol. The Kier molecular flexibility index (Phi) is 6.15. The van der Waals surface area contributed by atoms with Gasteiger partial charge in [-0.25, -0.2) is 0 Å². The number of benzene rings is 2. The van der Waals surface area contributed by atoms with Crippen LogP contribution in [-0.2, 0) is 5.41 Å². The van der Waals surface area contributed by atoms with E-state index < -0.39 is 6.61 Å². The molecule has 8 heteroatoms. The molecule has 31 heavy (non-hydrogen) atoms. The van der Waals surface area contributed by atoms with Gasteiger partial charge < -0.3 is 24.3 Å². The Morgan fingerprint density at radius 3 is 2.52 bits per heavy atom. The molecule has 0 aromatic heterocycles. The van der Waals surface area contributed by atoms with Crippen LogP contribution >= 0.6 is 0 Å². The van der Waals surface area contributed by atoms with Crippen molar-refractivity contribution in [2.75, 3.05) is 26.9 Å². The summed E-state index contributed by atoms with van der Waals surface area (Å²) >= 11 is 0. The van der Waals surface area contributed by atoms with Gasteiger partial charge in [-0.3, -0.25) is 4.79 Å². The molecule has 0 spiro atoms. The molecule has 2 aromatic rings. The third-order valence-corrected chi connectivity index (χ3v) is 5.94. The van der Waals surface area contributed by atoms with E-state index in [1.54, 1.807) is 0 Å². The smallest absolute Gasteiger partial charge is 0.387 e. The van der Waals surface area contributed by atoms with Gasteiger partial charge in [0.05, 0.1) is 7.11 Å². The van der Waals surface area contributed by atoms with Crippen LogP contribution in [0.4, 0.5) is 8.78 Å². The second-order valence-electron chi connectivity index (χ2n) is 7.77. The first-order valence-electron chi connectivity index (χ1n) is 10.3. The van der Waals surface area contributed by atoms with Crippen LogP contribution in [0.3, 0.4) is 0 Å². The minimum atomic E-state index is -2.97. The molecule has 1 aliphatic heterocycles. The maximum atomic E-state index is 12.8. The number of rotatable bonds is 7. The number of hydrogen-bond acceptors (Lipinski definition) is 5. The number of amides is 1. The minimum Gasteiger partial charge on any atom is -0.493 e. The van der Waals surface area contributed by atoms with Gasteiger partial charge in [0.2, 0.25) is 0 Å². The molecule has 0 radical (unpaired) electrons. The Labute approximate surface area is 179 Å². The van der Waals surface area contributed by atoms with E-state index in [0.717, 1.165) is 42.7 Å². The Balaban J connectivity index is 1.50. The van der Waals surface area contributed by atoms with Crippen LogP contribution < -0.4 is 24.3 Å². The van der Waals surface area contributed by atoms with Crippen LogP contribution in [-0.4, -0.2) is 39.4 Å². The highest BCUT2D eigenvalue weighted by molar-refractivity contribution is 5.95. The van der Waals surface area contributed by atoms with Crippen LogP contribution in [0.15, 0.2) is 36.4 Å². The quantitative estimate of drug-likeness (QED) is 0.705. The first-order chi connectivity index (χ1) is 15.0. The Morgan fingerprint density at radius 1 is 1.06 bits per heavy atom. The van der Waals surface area contributed by atoms with Gasteiger partial charge in [-0.15, -0.1) is 0 Å². The van der Waals surface area contributed by atoms with Crippen molar-refractivity contribution in [2.45, 2.75) is 37.7 Å². The lowest BCUT2D eigenvalue weighted by molar-refractivity contribution is -0.0512. The third kappa shape index (κ3) is 4.52. The summed E-state index contributed by atoms with van der Waals surface area (Å²) in [4.78, 5) is 12.8. The van der Waals surface area contributed by atoms with E-state index in [9.17, 15) is 13.6 Å². The maximum absolute atomic E-state index is 12.8. The fourth-order valence-electron chi connectivity index (χ4n) is 4.35. The molecular formula is C23H25F2NO5. The summed E-state index contributed by atoms with van der Waals surface area (Å²) in [5.74, 6) is 1.14. The Bertz CT molecular complexity index is 944. The number of halogens is 2. The van der Waals surface area contributed by atoms with Crippen molar-refractivity contribution in [3.05, 3.63) is 47.5 Å². The van der Waals surface area contributed by atoms with Crippen molar-refractivity contribution in [3.63, 3.8) is 0 Å². The number of carbonyl (C=O) groups excluding carboxylic acids is 1. The maximum Gasteiger partial charge on any atom is 0.387 e. The summed E-state index contributed by atoms with van der Waals surface area (Å²) in [5, 5.41) is 3.02. The average molecular weight is 433 g/mol. The van der Waals surface area contributed by atoms with Gasteiger partial charge in [-0.05, 0) is 48.7 Å². The van der Waals surface area contributed by atoms with Crippen LogP contribution in [0.25, 0.3) is 0 Å². The van der Waals surface area contributed by atoms with Gasteiger partial charge in [0.15, 0.2) is 23.0 Å². The van der Waals surface area contributed by atoms with Crippen molar-refractivity contribution >= 4 is 5.91 Å². The van der Waals surface area contributed by atoms with Gasteiger partial charge in [0.25, 0.3) is 5.91 Å². The van der Waals surface area contributed by atoms with Gasteiger partial charge >= 0.3 is 6.61 Å². The number of ether oxygens (including phenoxy) is 4. The SMILES string of the molecule is COc1cc(C(=O)NCC2(c3ccc4c(c3)OCCO4)CCCC2)ccc1OC(F)F. The highest BCUT2D eigenvalue weighted by Gasteiger charge is 2.37. The second kappa shape index (κ2) is 8.99. The molecule has 1 fully saturated rings. The number of hydrogen-bond donors (Lipinski definition) is 1. The summed E-state index contributed by atoms with van der Waals surface area (Å²) in [7, 11) is 1.34. The molecule has 1 amide bonds. The topological polar surface area (TPSA) is 66.0 Å². The van der Waals surface area contributed by atoms with E-state index in [1.807, 2.05) is 18.2 Å². The molecule has 2 aliphatic rings. The number of nitrogens with one attached hydrogen (secondary N) is 1. The molecule has 2 aromatic carbocycles. The second-order valence-corrected chi connectivity index (χ2v) is 7.77. The lowest BCUT2D eigenvalue weighted by Gasteiger charge is -2.31. The van der Waals surface area contributed by atoms with Crippen molar-refractivity contribution in [3.8, 4) is 23.0 Å². The lowest BCUT2D eigenvalue weighted by Crippen LogP contribution is -2.39. The molecule has 1 saturated carbocycles. The summed E-state index contributed by atoms with van der Waals surface area (Å²) in [6.07, 6.45) is 4.07. The van der Waals surface area contributed by atoms with Crippen LogP contribution in [0.2, 0.25) is 0 Å². The molecule has 6 nitrogen and oxygen atoms in total. The average Bonchev–Trinajstić information content (AvgIpc) is 3.27. The molecule has 0 bridgehead atoms. The monoisotopic (exact) mass is 433 g/mol. The van der Waals surface area contributed by atoms with E-state index in [0.29, 0.717) is 25.3 Å². The number of alkyl halides is 2. The molecule has 0 saturated heterocycles. The molecule has 1 heterocycles. The summed E-state index contributed by atoms with van der Waals surface area (Å²) in [6, 6.07) is 10.2. The van der Waals surface area contributed by atoms with Crippen molar-refractivity contribution < 1.29 is 32.5 Å². The predicted octanol–water partition coefficient (Wildman–Crippen LogP) is 4.31. The number of fused-ring (bicyclic) bond motifs is 1. The number of carbonyl (C=O) groups is 1. The highest BCUT2D eigenvalue weighted by atomic mass is 19.3. The zero-order chi connectivity index (χ0) is 21.8. The third-order valence-electron chi connectivity index (χ3n) is 5.94. The number of methoxy groups -OCH3 is 1. The molecule has 4 rings (SSSR count). The van der Waals surface area contributed by atoms with E-state index in [1.165, 1.54) is 25.3 Å². The summed E-state index contributed by atoms with van der Waals surface area (Å²) in [6.45, 7) is -1.45. The molecule has 0 unspecified atom stereocenters. The normalized spacial score (nSPS) is 16.8. The van der Waals surface area contributed by atoms with Crippen molar-refractivity contribution in [1.29, 1.82) is 0 Å². The lowest BCUT2D eigenvalue weighted by atomic mass is 9.78. The van der Waals surface area contributed by atoms with Gasteiger partial charge in [-0.1, -0.05) is 18.9 Å². The van der Waals surface area contributed by atoms with E-state index in [-0.39, 0.29) is 22.8 Å². The van der Waals surface area contributed by atoms with Crippen LogP contribution in [0.1, 0.15) is 41.6 Å². The zero-order valence-electron chi connectivity index (χ0n) is 17.3. The van der Waals surface area contributed by atoms with Gasteiger partial charge in [0.1, 0.15) is 13.2 Å². The van der Waals surface area contributed by atoms with Gasteiger partial charge in [0, 0.05) is 17.5 Å². The largest absolute Gasteiger partial charge is 0.493 e. The zero-order valence-corrected chi connectivity index (χ0v) is 17.3. The van der Waals surface area contributed by atoms with Crippen LogP contribution in [0.5, 0.6) is 23.0 Å². The molecule has 0 atom stereocenters. The van der Waals surface area contributed by atoms with E-state index in [4.69, 9.17) is 14.2 Å². The highest BCUT2D eigenvalue weighted by Crippen LogP contribution is 2.44. The van der Waals surface area contributed by atoms with Crippen molar-refractivity contribution in [2.24, 2.45) is 0 Å². The van der Waals surface area contributed by atoms with Crippen LogP contribution in [0, 0.1) is 0 Å². The Hall–Kier alpha value is -3.03. The Morgan fingerprint density at radius 2 is 1.81 bits per heavy atom. The van der Waals surface area contributed by atoms with Gasteiger partial charge in [-0.2, -0.15) is 8.78 Å². The fraction of sp³-hybridized carbons (Fsp3) is 0.435. The first-order valence-corrected chi connectivity index (χ1v) is 10.3. The summed E-state index contributed by atoms with van der Waals surface area (Å²) in [5.41, 5.74) is 1.25. The molecule has 166 valence electrons. The predicted molar refractivity (Wildman–Crippen MR) is 110 cm³/mol. The molecule has 1 aliphatic carbocycles. The van der Waals surface area contributed by atoms with Crippen molar-refractivity contribution in [1.82, 2.24) is 5.32 Å². The van der Waals surface area contributed by atoms with E-state index in [2.05, 4.69) is 10.1 Å². The molecule has 1 N–H and O–H groups in total. The first kappa shape index (κ1) is 21.2. The fourth-order valence-corrected chi connectivity index (χ4v) is 4.35.